The first-order valence-corrected chi connectivity index (χ1v) is 6.08. The first kappa shape index (κ1) is 13.3. The third kappa shape index (κ3) is 3.19. The first-order chi connectivity index (χ1) is 9.08. The molecule has 19 heavy (non-hydrogen) atoms. The van der Waals surface area contributed by atoms with Crippen LogP contribution in [-0.4, -0.2) is 35.0 Å². The summed E-state index contributed by atoms with van der Waals surface area (Å²) in [5, 5.41) is 8.54. The number of hydrogen-bond acceptors (Lipinski definition) is 2. The lowest BCUT2D eigenvalue weighted by atomic mass is 10.1. The highest BCUT2D eigenvalue weighted by Crippen LogP contribution is 2.17. The van der Waals surface area contributed by atoms with Crippen molar-refractivity contribution in [2.75, 3.05) is 13.1 Å². The monoisotopic (exact) mass is 263 g/mol. The Kier molecular flexibility index (Phi) is 3.94. The Balaban J connectivity index is 2.26. The van der Waals surface area contributed by atoms with Crippen molar-refractivity contribution in [3.8, 4) is 0 Å². The van der Waals surface area contributed by atoms with Gasteiger partial charge in [0.25, 0.3) is 5.91 Å². The van der Waals surface area contributed by atoms with Gasteiger partial charge in [0, 0.05) is 19.2 Å². The number of likely N-dealkylation sites (tertiary alicyclic amines) is 1. The molecule has 1 N–H and O–H groups in total. The molecule has 1 amide bonds. The van der Waals surface area contributed by atoms with E-state index in [1.807, 2.05) is 0 Å². The second-order valence-electron chi connectivity index (χ2n) is 4.41. The number of amides is 1. The molecule has 5 heteroatoms. The van der Waals surface area contributed by atoms with Crippen molar-refractivity contribution < 1.29 is 19.1 Å². The Hall–Kier alpha value is -2.17. The van der Waals surface area contributed by atoms with Crippen LogP contribution in [0.5, 0.6) is 0 Å². The SMILES string of the molecule is O=C(O)C=Cc1ccc(F)c(C(=O)N2CCCC2)c1. The average Bonchev–Trinajstić information content (AvgIpc) is 2.90. The zero-order valence-corrected chi connectivity index (χ0v) is 10.3. The zero-order valence-electron chi connectivity index (χ0n) is 10.3. The summed E-state index contributed by atoms with van der Waals surface area (Å²) >= 11 is 0. The van der Waals surface area contributed by atoms with Gasteiger partial charge in [0.2, 0.25) is 0 Å². The summed E-state index contributed by atoms with van der Waals surface area (Å²) in [6.07, 6.45) is 4.16. The van der Waals surface area contributed by atoms with Crippen LogP contribution in [0.2, 0.25) is 0 Å². The fourth-order valence-corrected chi connectivity index (χ4v) is 2.07. The number of aliphatic carboxylic acids is 1. The summed E-state index contributed by atoms with van der Waals surface area (Å²) in [5.74, 6) is -2.00. The van der Waals surface area contributed by atoms with Crippen molar-refractivity contribution in [2.24, 2.45) is 0 Å². The van der Waals surface area contributed by atoms with E-state index in [9.17, 15) is 14.0 Å². The van der Waals surface area contributed by atoms with Gasteiger partial charge < -0.3 is 10.0 Å². The van der Waals surface area contributed by atoms with E-state index in [1.165, 1.54) is 24.3 Å². The van der Waals surface area contributed by atoms with Gasteiger partial charge in [0.15, 0.2) is 0 Å². The predicted octanol–water partition coefficient (Wildman–Crippen LogP) is 2.16. The topological polar surface area (TPSA) is 57.6 Å². The van der Waals surface area contributed by atoms with E-state index < -0.39 is 11.8 Å². The van der Waals surface area contributed by atoms with Gasteiger partial charge in [-0.15, -0.1) is 0 Å². The quantitative estimate of drug-likeness (QED) is 0.850. The molecule has 1 aromatic carbocycles. The van der Waals surface area contributed by atoms with Gasteiger partial charge in [-0.3, -0.25) is 4.79 Å². The van der Waals surface area contributed by atoms with Crippen molar-refractivity contribution in [1.82, 2.24) is 4.90 Å². The Labute approximate surface area is 110 Å². The van der Waals surface area contributed by atoms with Gasteiger partial charge in [-0.05, 0) is 36.6 Å². The third-order valence-electron chi connectivity index (χ3n) is 3.03. The summed E-state index contributed by atoms with van der Waals surface area (Å²) < 4.78 is 13.7. The highest BCUT2D eigenvalue weighted by molar-refractivity contribution is 5.95. The number of hydrogen-bond donors (Lipinski definition) is 1. The lowest BCUT2D eigenvalue weighted by Crippen LogP contribution is -2.28. The minimum absolute atomic E-state index is 0.00515. The van der Waals surface area contributed by atoms with Crippen LogP contribution in [0.1, 0.15) is 28.8 Å². The number of carbonyl (C=O) groups is 2. The number of carboxylic acids is 1. The largest absolute Gasteiger partial charge is 0.478 e. The molecule has 1 fully saturated rings. The van der Waals surface area contributed by atoms with Crippen LogP contribution in [0.15, 0.2) is 24.3 Å². The molecule has 1 heterocycles. The van der Waals surface area contributed by atoms with Crippen LogP contribution >= 0.6 is 0 Å². The molecule has 1 aliphatic heterocycles. The van der Waals surface area contributed by atoms with Crippen LogP contribution in [-0.2, 0) is 4.79 Å². The van der Waals surface area contributed by atoms with E-state index in [4.69, 9.17) is 5.11 Å². The van der Waals surface area contributed by atoms with Crippen molar-refractivity contribution in [2.45, 2.75) is 12.8 Å². The highest BCUT2D eigenvalue weighted by atomic mass is 19.1. The second kappa shape index (κ2) is 5.65. The van der Waals surface area contributed by atoms with Crippen molar-refractivity contribution in [1.29, 1.82) is 0 Å². The van der Waals surface area contributed by atoms with Crippen molar-refractivity contribution in [3.63, 3.8) is 0 Å². The van der Waals surface area contributed by atoms with E-state index in [0.717, 1.165) is 18.9 Å². The van der Waals surface area contributed by atoms with E-state index >= 15 is 0 Å². The highest BCUT2D eigenvalue weighted by Gasteiger charge is 2.22. The van der Waals surface area contributed by atoms with Gasteiger partial charge in [-0.25, -0.2) is 9.18 Å². The second-order valence-corrected chi connectivity index (χ2v) is 4.41. The van der Waals surface area contributed by atoms with Crippen LogP contribution < -0.4 is 0 Å². The smallest absolute Gasteiger partial charge is 0.328 e. The minimum atomic E-state index is -1.09. The standard InChI is InChI=1S/C14H14FNO3/c15-12-5-3-10(4-6-13(17)18)9-11(12)14(19)16-7-1-2-8-16/h3-6,9H,1-2,7-8H2,(H,17,18). The molecule has 0 saturated carbocycles. The summed E-state index contributed by atoms with van der Waals surface area (Å²) in [6, 6.07) is 4.01. The maximum atomic E-state index is 13.7. The zero-order chi connectivity index (χ0) is 13.8. The maximum absolute atomic E-state index is 13.7. The molecule has 4 nitrogen and oxygen atoms in total. The molecule has 0 aliphatic carbocycles. The molecule has 0 atom stereocenters. The Morgan fingerprint density at radius 1 is 1.26 bits per heavy atom. The molecular formula is C14H14FNO3. The lowest BCUT2D eigenvalue weighted by molar-refractivity contribution is -0.131. The van der Waals surface area contributed by atoms with Crippen LogP contribution in [0.25, 0.3) is 6.08 Å². The number of carboxylic acid groups (broad SMARTS) is 1. The predicted molar refractivity (Wildman–Crippen MR) is 68.2 cm³/mol. The van der Waals surface area contributed by atoms with Crippen LogP contribution in [0, 0.1) is 5.82 Å². The van der Waals surface area contributed by atoms with E-state index in [-0.39, 0.29) is 11.5 Å². The molecule has 1 aliphatic rings. The fourth-order valence-electron chi connectivity index (χ4n) is 2.07. The van der Waals surface area contributed by atoms with Crippen LogP contribution in [0.3, 0.4) is 0 Å². The number of carbonyl (C=O) groups excluding carboxylic acids is 1. The van der Waals surface area contributed by atoms with Crippen molar-refractivity contribution >= 4 is 18.0 Å². The summed E-state index contributed by atoms with van der Waals surface area (Å²) in [7, 11) is 0. The number of benzene rings is 1. The molecule has 100 valence electrons. The van der Waals surface area contributed by atoms with E-state index in [2.05, 4.69) is 0 Å². The molecule has 0 bridgehead atoms. The van der Waals surface area contributed by atoms with Gasteiger partial charge in [0.1, 0.15) is 5.82 Å². The van der Waals surface area contributed by atoms with E-state index in [0.29, 0.717) is 18.7 Å². The Morgan fingerprint density at radius 2 is 1.95 bits per heavy atom. The normalized spacial score (nSPS) is 15.1. The summed E-state index contributed by atoms with van der Waals surface area (Å²) in [5.41, 5.74) is 0.487. The van der Waals surface area contributed by atoms with Crippen molar-refractivity contribution in [3.05, 3.63) is 41.2 Å². The summed E-state index contributed by atoms with van der Waals surface area (Å²) in [4.78, 5) is 24.1. The molecule has 0 radical (unpaired) electrons. The fraction of sp³-hybridized carbons (Fsp3) is 0.286. The summed E-state index contributed by atoms with van der Waals surface area (Å²) in [6.45, 7) is 1.29. The van der Waals surface area contributed by atoms with Gasteiger partial charge in [0.05, 0.1) is 5.56 Å². The maximum Gasteiger partial charge on any atom is 0.328 e. The molecular weight excluding hydrogens is 249 g/mol. The molecule has 1 aromatic rings. The molecule has 1 saturated heterocycles. The molecule has 0 spiro atoms. The third-order valence-corrected chi connectivity index (χ3v) is 3.03. The van der Waals surface area contributed by atoms with Gasteiger partial charge in [-0.2, -0.15) is 0 Å². The number of rotatable bonds is 3. The molecule has 0 aromatic heterocycles. The van der Waals surface area contributed by atoms with Crippen LogP contribution in [0.4, 0.5) is 4.39 Å². The Bertz CT molecular complexity index is 533. The molecule has 2 rings (SSSR count). The van der Waals surface area contributed by atoms with Gasteiger partial charge >= 0.3 is 5.97 Å². The number of nitrogens with zero attached hydrogens (tertiary/aromatic N) is 1. The lowest BCUT2D eigenvalue weighted by Gasteiger charge is -2.15. The van der Waals surface area contributed by atoms with Gasteiger partial charge in [-0.1, -0.05) is 6.07 Å². The Morgan fingerprint density at radius 3 is 2.58 bits per heavy atom. The molecule has 0 unspecified atom stereocenters. The van der Waals surface area contributed by atoms with E-state index in [1.54, 1.807) is 4.90 Å². The number of halogens is 1. The minimum Gasteiger partial charge on any atom is -0.478 e. The average molecular weight is 263 g/mol. The first-order valence-electron chi connectivity index (χ1n) is 6.08.